The number of halogens is 2. The molecule has 0 radical (unpaired) electrons. The third kappa shape index (κ3) is 2.40. The van der Waals surface area contributed by atoms with Crippen LogP contribution in [0.25, 0.3) is 0 Å². The molecule has 3 N–H and O–H groups in total. The number of anilines is 2. The lowest BCUT2D eigenvalue weighted by atomic mass is 10.2. The SMILES string of the molecule is CC1CC1C(=O)Nc1c(N)cc(Br)cc1Br. The fourth-order valence-electron chi connectivity index (χ4n) is 1.63. The van der Waals surface area contributed by atoms with Crippen molar-refractivity contribution in [2.75, 3.05) is 11.1 Å². The molecule has 0 spiro atoms. The van der Waals surface area contributed by atoms with Crippen LogP contribution in [0, 0.1) is 11.8 Å². The summed E-state index contributed by atoms with van der Waals surface area (Å²) in [5.74, 6) is 0.701. The average Bonchev–Trinajstić information content (AvgIpc) is 2.88. The lowest BCUT2D eigenvalue weighted by molar-refractivity contribution is -0.117. The number of nitrogens with two attached hydrogens (primary N) is 1. The predicted octanol–water partition coefficient (Wildman–Crippen LogP) is 3.39. The van der Waals surface area contributed by atoms with E-state index in [1.807, 2.05) is 6.07 Å². The van der Waals surface area contributed by atoms with Gasteiger partial charge in [0.1, 0.15) is 0 Å². The lowest BCUT2D eigenvalue weighted by Crippen LogP contribution is -2.16. The van der Waals surface area contributed by atoms with Crippen LogP contribution in [0.15, 0.2) is 21.1 Å². The summed E-state index contributed by atoms with van der Waals surface area (Å²) >= 11 is 6.73. The highest BCUT2D eigenvalue weighted by atomic mass is 79.9. The first-order chi connectivity index (χ1) is 7.49. The Morgan fingerprint density at radius 3 is 2.62 bits per heavy atom. The summed E-state index contributed by atoms with van der Waals surface area (Å²) in [7, 11) is 0. The highest BCUT2D eigenvalue weighted by Gasteiger charge is 2.39. The van der Waals surface area contributed by atoms with E-state index >= 15 is 0 Å². The first-order valence-electron chi connectivity index (χ1n) is 5.04. The van der Waals surface area contributed by atoms with E-state index in [1.165, 1.54) is 0 Å². The van der Waals surface area contributed by atoms with Crippen molar-refractivity contribution in [3.8, 4) is 0 Å². The van der Waals surface area contributed by atoms with Gasteiger partial charge in [-0.15, -0.1) is 0 Å². The van der Waals surface area contributed by atoms with Crippen LogP contribution >= 0.6 is 31.9 Å². The molecule has 1 fully saturated rings. The Morgan fingerprint density at radius 2 is 2.12 bits per heavy atom. The van der Waals surface area contributed by atoms with Gasteiger partial charge in [-0.3, -0.25) is 4.79 Å². The number of carbonyl (C=O) groups excluding carboxylic acids is 1. The summed E-state index contributed by atoms with van der Waals surface area (Å²) in [5.41, 5.74) is 7.07. The fraction of sp³-hybridized carbons (Fsp3) is 0.364. The zero-order valence-corrected chi connectivity index (χ0v) is 11.9. The van der Waals surface area contributed by atoms with E-state index in [9.17, 15) is 4.79 Å². The highest BCUT2D eigenvalue weighted by molar-refractivity contribution is 9.11. The predicted molar refractivity (Wildman–Crippen MR) is 72.2 cm³/mol. The van der Waals surface area contributed by atoms with Crippen LogP contribution in [0.2, 0.25) is 0 Å². The van der Waals surface area contributed by atoms with Gasteiger partial charge in [0.05, 0.1) is 11.4 Å². The van der Waals surface area contributed by atoms with Gasteiger partial charge in [-0.1, -0.05) is 22.9 Å². The quantitative estimate of drug-likeness (QED) is 0.805. The molecule has 1 aliphatic rings. The van der Waals surface area contributed by atoms with Crippen LogP contribution in [-0.4, -0.2) is 5.91 Å². The Kier molecular flexibility index (Phi) is 3.26. The molecular weight excluding hydrogens is 336 g/mol. The molecule has 2 atom stereocenters. The first kappa shape index (κ1) is 11.9. The maximum atomic E-state index is 11.8. The number of nitrogens with one attached hydrogen (secondary N) is 1. The van der Waals surface area contributed by atoms with Crippen molar-refractivity contribution in [2.24, 2.45) is 11.8 Å². The topological polar surface area (TPSA) is 55.1 Å². The van der Waals surface area contributed by atoms with Gasteiger partial charge in [0.25, 0.3) is 0 Å². The van der Waals surface area contributed by atoms with E-state index in [-0.39, 0.29) is 11.8 Å². The Bertz CT molecular complexity index is 425. The van der Waals surface area contributed by atoms with E-state index in [0.29, 0.717) is 17.3 Å². The van der Waals surface area contributed by atoms with Gasteiger partial charge in [0, 0.05) is 14.9 Å². The Morgan fingerprint density at radius 1 is 1.50 bits per heavy atom. The van der Waals surface area contributed by atoms with Crippen molar-refractivity contribution in [3.63, 3.8) is 0 Å². The molecule has 16 heavy (non-hydrogen) atoms. The summed E-state index contributed by atoms with van der Waals surface area (Å²) in [6.07, 6.45) is 0.972. The third-order valence-electron chi connectivity index (χ3n) is 2.78. The molecular formula is C11H12Br2N2O. The van der Waals surface area contributed by atoms with Crippen molar-refractivity contribution >= 4 is 49.1 Å². The number of rotatable bonds is 2. The van der Waals surface area contributed by atoms with E-state index in [0.717, 1.165) is 15.4 Å². The second kappa shape index (κ2) is 4.37. The van der Waals surface area contributed by atoms with E-state index in [2.05, 4.69) is 44.1 Å². The first-order valence-corrected chi connectivity index (χ1v) is 6.63. The monoisotopic (exact) mass is 346 g/mol. The van der Waals surface area contributed by atoms with Crippen molar-refractivity contribution in [3.05, 3.63) is 21.1 Å². The van der Waals surface area contributed by atoms with Gasteiger partial charge in [0.2, 0.25) is 5.91 Å². The fourth-order valence-corrected chi connectivity index (χ4v) is 2.99. The summed E-state index contributed by atoms with van der Waals surface area (Å²) in [4.78, 5) is 11.8. The van der Waals surface area contributed by atoms with Gasteiger partial charge >= 0.3 is 0 Å². The molecule has 3 nitrogen and oxygen atoms in total. The van der Waals surface area contributed by atoms with Gasteiger partial charge in [-0.2, -0.15) is 0 Å². The molecule has 0 aromatic heterocycles. The maximum absolute atomic E-state index is 11.8. The normalized spacial score (nSPS) is 22.9. The minimum Gasteiger partial charge on any atom is -0.397 e. The molecule has 1 aromatic carbocycles. The van der Waals surface area contributed by atoms with Crippen molar-refractivity contribution in [1.82, 2.24) is 0 Å². The average molecular weight is 348 g/mol. The number of amides is 1. The number of hydrogen-bond donors (Lipinski definition) is 2. The van der Waals surface area contributed by atoms with Crippen LogP contribution in [0.5, 0.6) is 0 Å². The van der Waals surface area contributed by atoms with Gasteiger partial charge in [-0.05, 0) is 40.4 Å². The molecule has 2 rings (SSSR count). The molecule has 1 amide bonds. The van der Waals surface area contributed by atoms with Gasteiger partial charge in [0.15, 0.2) is 0 Å². The van der Waals surface area contributed by atoms with Crippen LogP contribution < -0.4 is 11.1 Å². The number of hydrogen-bond acceptors (Lipinski definition) is 2. The molecule has 0 saturated heterocycles. The highest BCUT2D eigenvalue weighted by Crippen LogP contribution is 2.40. The van der Waals surface area contributed by atoms with Crippen molar-refractivity contribution < 1.29 is 4.79 Å². The summed E-state index contributed by atoms with van der Waals surface area (Å²) in [6, 6.07) is 3.64. The zero-order valence-electron chi connectivity index (χ0n) is 8.76. The minimum atomic E-state index is 0.0576. The molecule has 0 bridgehead atoms. The van der Waals surface area contributed by atoms with Crippen LogP contribution in [0.3, 0.4) is 0 Å². The minimum absolute atomic E-state index is 0.0576. The molecule has 5 heteroatoms. The molecule has 0 heterocycles. The van der Waals surface area contributed by atoms with Gasteiger partial charge < -0.3 is 11.1 Å². The van der Waals surface area contributed by atoms with Gasteiger partial charge in [-0.25, -0.2) is 0 Å². The van der Waals surface area contributed by atoms with E-state index in [1.54, 1.807) is 6.07 Å². The number of carbonyl (C=O) groups is 1. The van der Waals surface area contributed by atoms with E-state index < -0.39 is 0 Å². The number of benzene rings is 1. The summed E-state index contributed by atoms with van der Waals surface area (Å²) in [6.45, 7) is 2.07. The summed E-state index contributed by atoms with van der Waals surface area (Å²) < 4.78 is 1.68. The zero-order chi connectivity index (χ0) is 11.9. The lowest BCUT2D eigenvalue weighted by Gasteiger charge is -2.10. The van der Waals surface area contributed by atoms with Crippen LogP contribution in [0.4, 0.5) is 11.4 Å². The largest absolute Gasteiger partial charge is 0.397 e. The Balaban J connectivity index is 2.18. The van der Waals surface area contributed by atoms with Crippen LogP contribution in [0.1, 0.15) is 13.3 Å². The number of nitrogen functional groups attached to an aromatic ring is 1. The Labute approximate surface area is 111 Å². The second-order valence-corrected chi connectivity index (χ2v) is 5.93. The second-order valence-electron chi connectivity index (χ2n) is 4.16. The van der Waals surface area contributed by atoms with Crippen LogP contribution in [-0.2, 0) is 4.79 Å². The Hall–Kier alpha value is -0.550. The molecule has 1 saturated carbocycles. The molecule has 0 aliphatic heterocycles. The van der Waals surface area contributed by atoms with Crippen molar-refractivity contribution in [2.45, 2.75) is 13.3 Å². The van der Waals surface area contributed by atoms with E-state index in [4.69, 9.17) is 5.73 Å². The third-order valence-corrected chi connectivity index (χ3v) is 3.86. The molecule has 1 aromatic rings. The molecule has 1 aliphatic carbocycles. The molecule has 86 valence electrons. The molecule has 2 unspecified atom stereocenters. The van der Waals surface area contributed by atoms with Crippen molar-refractivity contribution in [1.29, 1.82) is 0 Å². The maximum Gasteiger partial charge on any atom is 0.227 e. The smallest absolute Gasteiger partial charge is 0.227 e. The summed E-state index contributed by atoms with van der Waals surface area (Å²) in [5, 5.41) is 2.87. The standard InChI is InChI=1S/C11H12Br2N2O/c1-5-2-7(5)11(16)15-10-8(13)3-6(12)4-9(10)14/h3-5,7H,2,14H2,1H3,(H,15,16).